The maximum Gasteiger partial charge on any atom is 0.224 e. The van der Waals surface area contributed by atoms with E-state index < -0.39 is 6.17 Å². The van der Waals surface area contributed by atoms with E-state index in [1.807, 2.05) is 0 Å². The lowest BCUT2D eigenvalue weighted by Crippen LogP contribution is -2.23. The third-order valence-electron chi connectivity index (χ3n) is 2.89. The van der Waals surface area contributed by atoms with Crippen LogP contribution in [0, 0.1) is 5.82 Å². The van der Waals surface area contributed by atoms with Crippen LogP contribution in [0.1, 0.15) is 11.7 Å². The van der Waals surface area contributed by atoms with Crippen molar-refractivity contribution in [3.05, 3.63) is 72.6 Å². The minimum Gasteiger partial charge on any atom is -0.330 e. The maximum atomic E-state index is 14.1. The van der Waals surface area contributed by atoms with Gasteiger partial charge < -0.3 is 10.6 Å². The molecule has 2 heterocycles. The molecule has 0 aliphatic heterocycles. The molecule has 0 bridgehead atoms. The van der Waals surface area contributed by atoms with Crippen molar-refractivity contribution in [3.63, 3.8) is 0 Å². The van der Waals surface area contributed by atoms with Crippen molar-refractivity contribution >= 4 is 11.9 Å². The van der Waals surface area contributed by atoms with Gasteiger partial charge in [-0.15, -0.1) is 0 Å². The summed E-state index contributed by atoms with van der Waals surface area (Å²) in [5.74, 6) is 0.401. The molecule has 3 rings (SSSR count). The molecule has 0 atom stereocenters. The van der Waals surface area contributed by atoms with Crippen LogP contribution < -0.4 is 10.6 Å². The quantitative estimate of drug-likeness (QED) is 0.705. The molecule has 0 saturated heterocycles. The van der Waals surface area contributed by atoms with E-state index in [4.69, 9.17) is 0 Å². The van der Waals surface area contributed by atoms with Crippen LogP contribution in [-0.2, 0) is 0 Å². The highest BCUT2D eigenvalue weighted by molar-refractivity contribution is 5.39. The largest absolute Gasteiger partial charge is 0.330 e. The fraction of sp³-hybridized carbons (Fsp3) is 0.0667. The molecule has 22 heavy (non-hydrogen) atoms. The average Bonchev–Trinajstić information content (AvgIpc) is 2.57. The van der Waals surface area contributed by atoms with Crippen LogP contribution in [0.5, 0.6) is 0 Å². The summed E-state index contributed by atoms with van der Waals surface area (Å²) in [5, 5.41) is 6.06. The summed E-state index contributed by atoms with van der Waals surface area (Å²) in [4.78, 5) is 16.4. The summed E-state index contributed by atoms with van der Waals surface area (Å²) in [7, 11) is 0. The summed E-state index contributed by atoms with van der Waals surface area (Å²) in [6, 6.07) is 9.86. The normalized spacial score (nSPS) is 10.5. The van der Waals surface area contributed by atoms with Crippen molar-refractivity contribution in [1.82, 2.24) is 19.9 Å². The molecule has 2 aromatic heterocycles. The van der Waals surface area contributed by atoms with Gasteiger partial charge in [-0.1, -0.05) is 18.2 Å². The van der Waals surface area contributed by atoms with Crippen molar-refractivity contribution in [3.8, 4) is 0 Å². The molecular weight excluding hydrogens is 283 g/mol. The molecule has 0 aliphatic rings. The highest BCUT2D eigenvalue weighted by Gasteiger charge is 2.17. The Kier molecular flexibility index (Phi) is 4.15. The molecule has 0 amide bonds. The van der Waals surface area contributed by atoms with E-state index in [2.05, 4.69) is 30.6 Å². The van der Waals surface area contributed by atoms with E-state index in [9.17, 15) is 4.39 Å². The van der Waals surface area contributed by atoms with E-state index in [-0.39, 0.29) is 5.82 Å². The topological polar surface area (TPSA) is 75.6 Å². The number of rotatable bonds is 5. The molecule has 3 aromatic rings. The van der Waals surface area contributed by atoms with E-state index >= 15 is 0 Å². The zero-order chi connectivity index (χ0) is 15.2. The second-order valence-electron chi connectivity index (χ2n) is 4.39. The summed E-state index contributed by atoms with van der Waals surface area (Å²) in [5.41, 5.74) is 0.419. The van der Waals surface area contributed by atoms with E-state index in [1.165, 1.54) is 6.07 Å². The fourth-order valence-electron chi connectivity index (χ4n) is 1.91. The van der Waals surface area contributed by atoms with Gasteiger partial charge in [-0.25, -0.2) is 24.3 Å². The number of aromatic nitrogens is 4. The van der Waals surface area contributed by atoms with Crippen LogP contribution in [0.15, 0.2) is 61.2 Å². The summed E-state index contributed by atoms with van der Waals surface area (Å²) < 4.78 is 14.1. The molecule has 0 spiro atoms. The lowest BCUT2D eigenvalue weighted by molar-refractivity contribution is 0.601. The molecule has 0 saturated carbocycles. The zero-order valence-corrected chi connectivity index (χ0v) is 11.5. The highest BCUT2D eigenvalue weighted by atomic mass is 19.1. The zero-order valence-electron chi connectivity index (χ0n) is 11.5. The average molecular weight is 296 g/mol. The second-order valence-corrected chi connectivity index (χ2v) is 4.39. The van der Waals surface area contributed by atoms with Crippen molar-refractivity contribution in [2.24, 2.45) is 0 Å². The van der Waals surface area contributed by atoms with Crippen LogP contribution >= 0.6 is 0 Å². The molecule has 0 radical (unpaired) electrons. The molecule has 1 aromatic carbocycles. The van der Waals surface area contributed by atoms with Crippen LogP contribution in [0.25, 0.3) is 0 Å². The number of nitrogens with zero attached hydrogens (tertiary/aromatic N) is 4. The van der Waals surface area contributed by atoms with Gasteiger partial charge in [-0.05, 0) is 18.2 Å². The third kappa shape index (κ3) is 3.32. The minimum absolute atomic E-state index is 0.348. The Bertz CT molecular complexity index is 681. The first-order chi connectivity index (χ1) is 10.8. The van der Waals surface area contributed by atoms with Crippen LogP contribution in [-0.4, -0.2) is 19.9 Å². The van der Waals surface area contributed by atoms with Gasteiger partial charge in [0.05, 0.1) is 0 Å². The number of anilines is 2. The predicted octanol–water partition coefficient (Wildman–Crippen LogP) is 2.63. The molecule has 0 unspecified atom stereocenters. The highest BCUT2D eigenvalue weighted by Crippen LogP contribution is 2.21. The van der Waals surface area contributed by atoms with Gasteiger partial charge in [-0.3, -0.25) is 0 Å². The second kappa shape index (κ2) is 6.57. The Balaban J connectivity index is 1.90. The number of nitrogens with one attached hydrogen (secondary N) is 2. The van der Waals surface area contributed by atoms with E-state index in [1.54, 1.807) is 55.1 Å². The molecule has 7 heteroatoms. The van der Waals surface area contributed by atoms with Crippen molar-refractivity contribution in [1.29, 1.82) is 0 Å². The summed E-state index contributed by atoms with van der Waals surface area (Å²) >= 11 is 0. The summed E-state index contributed by atoms with van der Waals surface area (Å²) in [6.45, 7) is 0. The molecular formula is C15H13FN6. The van der Waals surface area contributed by atoms with E-state index in [0.717, 1.165) is 0 Å². The standard InChI is InChI=1S/C15H13FN6/c16-12-6-2-1-5-11(12)13(21-14-17-7-3-8-18-14)22-15-19-9-4-10-20-15/h1-10,13H,(H,17,18,21)(H,19,20,22). The fourth-order valence-corrected chi connectivity index (χ4v) is 1.91. The summed E-state index contributed by atoms with van der Waals surface area (Å²) in [6.07, 6.45) is 5.81. The van der Waals surface area contributed by atoms with E-state index in [0.29, 0.717) is 17.5 Å². The predicted molar refractivity (Wildman–Crippen MR) is 80.5 cm³/mol. The first-order valence-corrected chi connectivity index (χ1v) is 6.64. The molecule has 0 fully saturated rings. The molecule has 6 nitrogen and oxygen atoms in total. The van der Waals surface area contributed by atoms with Crippen LogP contribution in [0.2, 0.25) is 0 Å². The Hall–Kier alpha value is -3.09. The van der Waals surface area contributed by atoms with Gasteiger partial charge in [0, 0.05) is 30.4 Å². The Labute approximate surface area is 126 Å². The Morgan fingerprint density at radius 3 is 1.73 bits per heavy atom. The number of benzene rings is 1. The first kappa shape index (κ1) is 13.9. The minimum atomic E-state index is -0.606. The van der Waals surface area contributed by atoms with Crippen LogP contribution in [0.4, 0.5) is 16.3 Å². The smallest absolute Gasteiger partial charge is 0.224 e. The first-order valence-electron chi connectivity index (χ1n) is 6.64. The lowest BCUT2D eigenvalue weighted by Gasteiger charge is -2.20. The van der Waals surface area contributed by atoms with Crippen molar-refractivity contribution < 1.29 is 4.39 Å². The maximum absolute atomic E-state index is 14.1. The van der Waals surface area contributed by atoms with Gasteiger partial charge >= 0.3 is 0 Å². The van der Waals surface area contributed by atoms with Crippen molar-refractivity contribution in [2.45, 2.75) is 6.17 Å². The molecule has 110 valence electrons. The Morgan fingerprint density at radius 2 is 1.23 bits per heavy atom. The molecule has 0 aliphatic carbocycles. The SMILES string of the molecule is Fc1ccccc1C(Nc1ncccn1)Nc1ncccn1. The molecule has 2 N–H and O–H groups in total. The van der Waals surface area contributed by atoms with Gasteiger partial charge in [0.2, 0.25) is 11.9 Å². The van der Waals surface area contributed by atoms with Gasteiger partial charge in [0.1, 0.15) is 12.0 Å². The van der Waals surface area contributed by atoms with Crippen LogP contribution in [0.3, 0.4) is 0 Å². The Morgan fingerprint density at radius 1 is 0.727 bits per heavy atom. The number of hydrogen-bond acceptors (Lipinski definition) is 6. The lowest BCUT2D eigenvalue weighted by atomic mass is 10.1. The number of hydrogen-bond donors (Lipinski definition) is 2. The monoisotopic (exact) mass is 296 g/mol. The van der Waals surface area contributed by atoms with Gasteiger partial charge in [-0.2, -0.15) is 0 Å². The number of halogens is 1. The van der Waals surface area contributed by atoms with Gasteiger partial charge in [0.25, 0.3) is 0 Å². The van der Waals surface area contributed by atoms with Crippen molar-refractivity contribution in [2.75, 3.05) is 10.6 Å². The van der Waals surface area contributed by atoms with Gasteiger partial charge in [0.15, 0.2) is 0 Å². The third-order valence-corrected chi connectivity index (χ3v) is 2.89.